The molecule has 62 valence electrons. The molecule has 0 amide bonds. The number of nitrogens with two attached hydrogens (primary N) is 2. The van der Waals surface area contributed by atoms with Crippen LogP contribution >= 0.6 is 0 Å². The van der Waals surface area contributed by atoms with Crippen LogP contribution in [-0.2, 0) is 0 Å². The van der Waals surface area contributed by atoms with Crippen molar-refractivity contribution in [3.05, 3.63) is 42.5 Å². The van der Waals surface area contributed by atoms with Gasteiger partial charge in [-0.2, -0.15) is 0 Å². The summed E-state index contributed by atoms with van der Waals surface area (Å²) in [6, 6.07) is 5.60. The van der Waals surface area contributed by atoms with Gasteiger partial charge in [-0.05, 0) is 5.56 Å². The largest absolute Gasteiger partial charge is 0.399 e. The highest BCUT2D eigenvalue weighted by molar-refractivity contribution is 5.78. The smallest absolute Gasteiger partial charge is 0.0481 e. The number of rotatable bonds is 2. The van der Waals surface area contributed by atoms with Crippen molar-refractivity contribution < 1.29 is 0 Å². The van der Waals surface area contributed by atoms with Crippen molar-refractivity contribution >= 4 is 17.5 Å². The average molecular weight is 160 g/mol. The highest BCUT2D eigenvalue weighted by atomic mass is 14.6. The Hall–Kier alpha value is -1.70. The fourth-order valence-electron chi connectivity index (χ4n) is 1.04. The second kappa shape index (κ2) is 3.13. The first-order valence-corrected chi connectivity index (χ1v) is 3.62. The van der Waals surface area contributed by atoms with Gasteiger partial charge in [0.15, 0.2) is 0 Å². The molecule has 1 rings (SSSR count). The van der Waals surface area contributed by atoms with Crippen LogP contribution in [0.25, 0.3) is 11.8 Å². The number of benzene rings is 1. The van der Waals surface area contributed by atoms with Crippen molar-refractivity contribution in [3.63, 3.8) is 0 Å². The van der Waals surface area contributed by atoms with E-state index in [1.54, 1.807) is 6.08 Å². The fraction of sp³-hybridized carbons (Fsp3) is 0. The molecule has 0 fully saturated rings. The first-order chi connectivity index (χ1) is 5.66. The summed E-state index contributed by atoms with van der Waals surface area (Å²) in [5.74, 6) is 0. The highest BCUT2D eigenvalue weighted by Crippen LogP contribution is 2.21. The van der Waals surface area contributed by atoms with Crippen molar-refractivity contribution in [2.24, 2.45) is 5.73 Å². The lowest BCUT2D eigenvalue weighted by Crippen LogP contribution is -2.00. The molecule has 0 unspecified atom stereocenters. The molecule has 0 aliphatic carbocycles. The summed E-state index contributed by atoms with van der Waals surface area (Å²) in [6.07, 6.45) is 1.70. The van der Waals surface area contributed by atoms with Gasteiger partial charge in [0.1, 0.15) is 0 Å². The quantitative estimate of drug-likeness (QED) is 0.648. The van der Waals surface area contributed by atoms with E-state index >= 15 is 0 Å². The number of hydrogen-bond acceptors (Lipinski definition) is 2. The van der Waals surface area contributed by atoms with Crippen LogP contribution in [0.1, 0.15) is 11.1 Å². The summed E-state index contributed by atoms with van der Waals surface area (Å²) in [5.41, 5.74) is 14.1. The average Bonchev–Trinajstić information content (AvgIpc) is 2.04. The van der Waals surface area contributed by atoms with Gasteiger partial charge >= 0.3 is 0 Å². The van der Waals surface area contributed by atoms with E-state index in [9.17, 15) is 0 Å². The Balaban J connectivity index is 3.32. The van der Waals surface area contributed by atoms with Gasteiger partial charge in [-0.15, -0.1) is 0 Å². The van der Waals surface area contributed by atoms with E-state index in [-0.39, 0.29) is 0 Å². The number of para-hydroxylation sites is 1. The van der Waals surface area contributed by atoms with Crippen molar-refractivity contribution in [1.82, 2.24) is 0 Å². The molecule has 1 aromatic rings. The summed E-state index contributed by atoms with van der Waals surface area (Å²) < 4.78 is 0. The lowest BCUT2D eigenvalue weighted by atomic mass is 10.1. The topological polar surface area (TPSA) is 52.0 Å². The van der Waals surface area contributed by atoms with Crippen LogP contribution in [0.4, 0.5) is 5.69 Å². The van der Waals surface area contributed by atoms with Crippen LogP contribution in [0, 0.1) is 0 Å². The summed E-state index contributed by atoms with van der Waals surface area (Å²) in [4.78, 5) is 0. The Morgan fingerprint density at radius 2 is 2.08 bits per heavy atom. The first-order valence-electron chi connectivity index (χ1n) is 3.62. The number of hydrogen-bond donors (Lipinski definition) is 2. The van der Waals surface area contributed by atoms with Crippen LogP contribution in [0.3, 0.4) is 0 Å². The third kappa shape index (κ3) is 1.32. The van der Waals surface area contributed by atoms with Crippen molar-refractivity contribution in [2.45, 2.75) is 0 Å². The number of anilines is 1. The van der Waals surface area contributed by atoms with Crippen molar-refractivity contribution in [1.29, 1.82) is 0 Å². The maximum atomic E-state index is 5.78. The number of nitrogen functional groups attached to an aromatic ring is 1. The van der Waals surface area contributed by atoms with Gasteiger partial charge in [-0.1, -0.05) is 37.4 Å². The highest BCUT2D eigenvalue weighted by Gasteiger charge is 2.01. The van der Waals surface area contributed by atoms with Crippen LogP contribution < -0.4 is 11.5 Å². The zero-order chi connectivity index (χ0) is 9.14. The lowest BCUT2D eigenvalue weighted by Gasteiger charge is -2.06. The molecular formula is C10H12N2. The molecule has 0 aliphatic rings. The zero-order valence-electron chi connectivity index (χ0n) is 6.88. The summed E-state index contributed by atoms with van der Waals surface area (Å²) >= 11 is 0. The van der Waals surface area contributed by atoms with Crippen LogP contribution in [0.5, 0.6) is 0 Å². The molecule has 0 atom stereocenters. The molecule has 2 heteroatoms. The second-order valence-corrected chi connectivity index (χ2v) is 2.54. The Morgan fingerprint density at radius 1 is 1.42 bits per heavy atom. The minimum absolute atomic E-state index is 0.483. The molecule has 0 bridgehead atoms. The molecule has 0 heterocycles. The van der Waals surface area contributed by atoms with Crippen molar-refractivity contribution in [2.75, 3.05) is 5.73 Å². The molecule has 2 nitrogen and oxygen atoms in total. The molecule has 0 radical (unpaired) electrons. The molecular weight excluding hydrogens is 148 g/mol. The minimum Gasteiger partial charge on any atom is -0.399 e. The van der Waals surface area contributed by atoms with E-state index in [1.165, 1.54) is 0 Å². The summed E-state index contributed by atoms with van der Waals surface area (Å²) in [5, 5.41) is 0. The summed E-state index contributed by atoms with van der Waals surface area (Å²) in [6.45, 7) is 7.27. The SMILES string of the molecule is C=Cc1cccc(C(=C)N)c1N. The second-order valence-electron chi connectivity index (χ2n) is 2.54. The van der Waals surface area contributed by atoms with E-state index in [1.807, 2.05) is 18.2 Å². The normalized spacial score (nSPS) is 9.33. The molecule has 0 aromatic heterocycles. The van der Waals surface area contributed by atoms with E-state index in [0.717, 1.165) is 11.1 Å². The van der Waals surface area contributed by atoms with Gasteiger partial charge in [0, 0.05) is 16.9 Å². The van der Waals surface area contributed by atoms with E-state index in [2.05, 4.69) is 13.2 Å². The maximum absolute atomic E-state index is 5.78. The molecule has 0 saturated heterocycles. The zero-order valence-corrected chi connectivity index (χ0v) is 6.88. The lowest BCUT2D eigenvalue weighted by molar-refractivity contribution is 1.51. The Kier molecular flexibility index (Phi) is 2.19. The third-order valence-electron chi connectivity index (χ3n) is 1.71. The molecule has 0 saturated carbocycles. The molecule has 12 heavy (non-hydrogen) atoms. The van der Waals surface area contributed by atoms with Gasteiger partial charge in [0.05, 0.1) is 0 Å². The molecule has 0 spiro atoms. The fourth-order valence-corrected chi connectivity index (χ4v) is 1.04. The maximum Gasteiger partial charge on any atom is 0.0481 e. The predicted octanol–water partition coefficient (Wildman–Crippen LogP) is 1.84. The van der Waals surface area contributed by atoms with Gasteiger partial charge in [-0.3, -0.25) is 0 Å². The van der Waals surface area contributed by atoms with Crippen LogP contribution in [-0.4, -0.2) is 0 Å². The van der Waals surface area contributed by atoms with Crippen LogP contribution in [0.15, 0.2) is 31.4 Å². The van der Waals surface area contributed by atoms with Crippen LogP contribution in [0.2, 0.25) is 0 Å². The Labute approximate surface area is 72.2 Å². The molecule has 0 aliphatic heterocycles. The molecule has 4 N–H and O–H groups in total. The van der Waals surface area contributed by atoms with Gasteiger partial charge in [-0.25, -0.2) is 0 Å². The first kappa shape index (κ1) is 8.40. The Bertz CT molecular complexity index is 327. The van der Waals surface area contributed by atoms with E-state index < -0.39 is 0 Å². The standard InChI is InChI=1S/C10H12N2/c1-3-8-5-4-6-9(7(2)11)10(8)12/h3-6H,1-2,11-12H2. The van der Waals surface area contributed by atoms with E-state index in [0.29, 0.717) is 11.4 Å². The molecule has 1 aromatic carbocycles. The third-order valence-corrected chi connectivity index (χ3v) is 1.71. The van der Waals surface area contributed by atoms with Gasteiger partial charge in [0.2, 0.25) is 0 Å². The monoisotopic (exact) mass is 160 g/mol. The minimum atomic E-state index is 0.483. The van der Waals surface area contributed by atoms with Gasteiger partial charge in [0.25, 0.3) is 0 Å². The van der Waals surface area contributed by atoms with E-state index in [4.69, 9.17) is 11.5 Å². The van der Waals surface area contributed by atoms with Crippen molar-refractivity contribution in [3.8, 4) is 0 Å². The summed E-state index contributed by atoms with van der Waals surface area (Å²) in [7, 11) is 0. The predicted molar refractivity (Wildman–Crippen MR) is 54.2 cm³/mol. The van der Waals surface area contributed by atoms with Gasteiger partial charge < -0.3 is 11.5 Å². The Morgan fingerprint density at radius 3 is 2.58 bits per heavy atom.